The van der Waals surface area contributed by atoms with E-state index < -0.39 is 0 Å². The summed E-state index contributed by atoms with van der Waals surface area (Å²) in [6, 6.07) is 14.1. The summed E-state index contributed by atoms with van der Waals surface area (Å²) in [5.41, 5.74) is 1.70. The van der Waals surface area contributed by atoms with Gasteiger partial charge in [-0.25, -0.2) is 0 Å². The standard InChI is InChI=1S/C22H25N3O3S/c1-15(2)28-19-10-6-7-16(14-19)20(26)24-22(29)23-18-9-5-8-17(13-18)21(27)25-11-3-4-12-25/h5-10,13-15H,3-4,11-12H2,1-2H3,(H2,23,24,26,29). The highest BCUT2D eigenvalue weighted by Gasteiger charge is 2.19. The van der Waals surface area contributed by atoms with Crippen molar-refractivity contribution in [1.82, 2.24) is 10.2 Å². The van der Waals surface area contributed by atoms with Gasteiger partial charge in [-0.3, -0.25) is 14.9 Å². The molecule has 0 atom stereocenters. The second kappa shape index (κ2) is 9.52. The molecule has 7 heteroatoms. The summed E-state index contributed by atoms with van der Waals surface area (Å²) < 4.78 is 5.62. The summed E-state index contributed by atoms with van der Waals surface area (Å²) in [6.07, 6.45) is 2.11. The van der Waals surface area contributed by atoms with Crippen LogP contribution in [0.15, 0.2) is 48.5 Å². The molecule has 2 aromatic rings. The molecule has 1 heterocycles. The van der Waals surface area contributed by atoms with E-state index in [4.69, 9.17) is 17.0 Å². The molecule has 0 aliphatic carbocycles. The summed E-state index contributed by atoms with van der Waals surface area (Å²) in [6.45, 7) is 5.44. The van der Waals surface area contributed by atoms with E-state index in [2.05, 4.69) is 10.6 Å². The SMILES string of the molecule is CC(C)Oc1cccc(C(=O)NC(=S)Nc2cccc(C(=O)N3CCCC3)c2)c1. The van der Waals surface area contributed by atoms with Crippen LogP contribution in [0.3, 0.4) is 0 Å². The van der Waals surface area contributed by atoms with E-state index in [1.54, 1.807) is 48.5 Å². The Morgan fingerprint density at radius 2 is 1.72 bits per heavy atom. The molecule has 29 heavy (non-hydrogen) atoms. The average molecular weight is 412 g/mol. The Kier molecular flexibility index (Phi) is 6.82. The summed E-state index contributed by atoms with van der Waals surface area (Å²) in [5, 5.41) is 5.80. The molecule has 0 aromatic heterocycles. The first-order valence-electron chi connectivity index (χ1n) is 9.71. The maximum Gasteiger partial charge on any atom is 0.257 e. The number of nitrogens with one attached hydrogen (secondary N) is 2. The van der Waals surface area contributed by atoms with Gasteiger partial charge in [-0.2, -0.15) is 0 Å². The van der Waals surface area contributed by atoms with Gasteiger partial charge in [0.05, 0.1) is 6.10 Å². The van der Waals surface area contributed by atoms with E-state index in [1.165, 1.54) is 0 Å². The van der Waals surface area contributed by atoms with Gasteiger partial charge in [-0.15, -0.1) is 0 Å². The molecule has 1 saturated heterocycles. The highest BCUT2D eigenvalue weighted by atomic mass is 32.1. The minimum atomic E-state index is -0.332. The number of ether oxygens (including phenoxy) is 1. The van der Waals surface area contributed by atoms with Crippen molar-refractivity contribution >= 4 is 34.8 Å². The van der Waals surface area contributed by atoms with Crippen LogP contribution in [0.1, 0.15) is 47.4 Å². The van der Waals surface area contributed by atoms with Crippen LogP contribution in [0.25, 0.3) is 0 Å². The molecule has 0 radical (unpaired) electrons. The first-order chi connectivity index (χ1) is 13.9. The van der Waals surface area contributed by atoms with E-state index in [0.29, 0.717) is 22.6 Å². The van der Waals surface area contributed by atoms with Crippen LogP contribution in [-0.2, 0) is 0 Å². The Labute approximate surface area is 176 Å². The lowest BCUT2D eigenvalue weighted by Crippen LogP contribution is -2.34. The topological polar surface area (TPSA) is 70.7 Å². The Bertz CT molecular complexity index is 908. The molecule has 0 unspecified atom stereocenters. The number of hydrogen-bond acceptors (Lipinski definition) is 4. The fraction of sp³-hybridized carbons (Fsp3) is 0.318. The van der Waals surface area contributed by atoms with Crippen LogP contribution >= 0.6 is 12.2 Å². The van der Waals surface area contributed by atoms with Crippen LogP contribution in [0.4, 0.5) is 5.69 Å². The highest BCUT2D eigenvalue weighted by Crippen LogP contribution is 2.17. The van der Waals surface area contributed by atoms with Crippen molar-refractivity contribution in [2.45, 2.75) is 32.8 Å². The van der Waals surface area contributed by atoms with Crippen LogP contribution in [0.5, 0.6) is 5.75 Å². The van der Waals surface area contributed by atoms with E-state index in [-0.39, 0.29) is 23.0 Å². The molecule has 1 aliphatic heterocycles. The number of likely N-dealkylation sites (tertiary alicyclic amines) is 1. The van der Waals surface area contributed by atoms with E-state index in [9.17, 15) is 9.59 Å². The summed E-state index contributed by atoms with van der Waals surface area (Å²) in [5.74, 6) is 0.309. The van der Waals surface area contributed by atoms with Crippen molar-refractivity contribution < 1.29 is 14.3 Å². The van der Waals surface area contributed by atoms with Gasteiger partial charge < -0.3 is 15.0 Å². The zero-order chi connectivity index (χ0) is 20.8. The molecule has 2 amide bonds. The third-order valence-corrected chi connectivity index (χ3v) is 4.66. The fourth-order valence-electron chi connectivity index (χ4n) is 3.15. The Hall–Kier alpha value is -2.93. The maximum absolute atomic E-state index is 12.5. The molecule has 152 valence electrons. The zero-order valence-electron chi connectivity index (χ0n) is 16.6. The Balaban J connectivity index is 1.61. The molecular formula is C22H25N3O3S. The first kappa shape index (κ1) is 20.8. The number of nitrogens with zero attached hydrogens (tertiary/aromatic N) is 1. The van der Waals surface area contributed by atoms with Crippen molar-refractivity contribution in [2.24, 2.45) is 0 Å². The van der Waals surface area contributed by atoms with Gasteiger partial charge in [-0.1, -0.05) is 12.1 Å². The molecule has 0 spiro atoms. The number of carbonyl (C=O) groups is 2. The van der Waals surface area contributed by atoms with Gasteiger partial charge in [0.25, 0.3) is 11.8 Å². The van der Waals surface area contributed by atoms with Gasteiger partial charge in [0.2, 0.25) is 0 Å². The number of benzene rings is 2. The van der Waals surface area contributed by atoms with Crippen molar-refractivity contribution in [3.63, 3.8) is 0 Å². The third kappa shape index (κ3) is 5.77. The second-order valence-electron chi connectivity index (χ2n) is 7.18. The number of anilines is 1. The van der Waals surface area contributed by atoms with Gasteiger partial charge in [0.15, 0.2) is 5.11 Å². The van der Waals surface area contributed by atoms with Gasteiger partial charge in [0, 0.05) is 29.9 Å². The van der Waals surface area contributed by atoms with E-state index in [0.717, 1.165) is 25.9 Å². The van der Waals surface area contributed by atoms with Crippen LogP contribution in [0.2, 0.25) is 0 Å². The van der Waals surface area contributed by atoms with E-state index in [1.807, 2.05) is 18.7 Å². The second-order valence-corrected chi connectivity index (χ2v) is 7.59. The molecule has 0 bridgehead atoms. The molecule has 2 aromatic carbocycles. The van der Waals surface area contributed by atoms with Crippen LogP contribution in [0, 0.1) is 0 Å². The molecule has 1 fully saturated rings. The molecule has 0 saturated carbocycles. The summed E-state index contributed by atoms with van der Waals surface area (Å²) >= 11 is 5.26. The largest absolute Gasteiger partial charge is 0.491 e. The normalized spacial score (nSPS) is 13.3. The summed E-state index contributed by atoms with van der Waals surface area (Å²) in [4.78, 5) is 26.9. The van der Waals surface area contributed by atoms with Crippen molar-refractivity contribution in [2.75, 3.05) is 18.4 Å². The van der Waals surface area contributed by atoms with Gasteiger partial charge >= 0.3 is 0 Å². The minimum Gasteiger partial charge on any atom is -0.491 e. The smallest absolute Gasteiger partial charge is 0.257 e. The Morgan fingerprint density at radius 3 is 2.45 bits per heavy atom. The van der Waals surface area contributed by atoms with E-state index >= 15 is 0 Å². The van der Waals surface area contributed by atoms with Crippen LogP contribution in [-0.4, -0.2) is 41.0 Å². The average Bonchev–Trinajstić information content (AvgIpc) is 3.22. The Morgan fingerprint density at radius 1 is 1.03 bits per heavy atom. The first-order valence-corrected chi connectivity index (χ1v) is 10.1. The minimum absolute atomic E-state index is 0.0167. The molecule has 3 rings (SSSR count). The number of amides is 2. The van der Waals surface area contributed by atoms with Crippen molar-refractivity contribution in [3.05, 3.63) is 59.7 Å². The molecular weight excluding hydrogens is 386 g/mol. The fourth-order valence-corrected chi connectivity index (χ4v) is 3.36. The van der Waals surface area contributed by atoms with Crippen molar-refractivity contribution in [1.29, 1.82) is 0 Å². The molecule has 2 N–H and O–H groups in total. The summed E-state index contributed by atoms with van der Waals surface area (Å²) in [7, 11) is 0. The predicted octanol–water partition coefficient (Wildman–Crippen LogP) is 3.84. The monoisotopic (exact) mass is 411 g/mol. The lowest BCUT2D eigenvalue weighted by atomic mass is 10.1. The lowest BCUT2D eigenvalue weighted by Gasteiger charge is -2.16. The maximum atomic E-state index is 12.5. The van der Waals surface area contributed by atoms with Gasteiger partial charge in [0.1, 0.15) is 5.75 Å². The number of thiocarbonyl (C=S) groups is 1. The quantitative estimate of drug-likeness (QED) is 0.732. The number of carbonyl (C=O) groups excluding carboxylic acids is 2. The number of rotatable bonds is 5. The third-order valence-electron chi connectivity index (χ3n) is 4.46. The molecule has 1 aliphatic rings. The lowest BCUT2D eigenvalue weighted by molar-refractivity contribution is 0.0792. The molecule has 6 nitrogen and oxygen atoms in total. The zero-order valence-corrected chi connectivity index (χ0v) is 17.4. The highest BCUT2D eigenvalue weighted by molar-refractivity contribution is 7.80. The number of hydrogen-bond donors (Lipinski definition) is 2. The van der Waals surface area contributed by atoms with Crippen LogP contribution < -0.4 is 15.4 Å². The predicted molar refractivity (Wildman–Crippen MR) is 117 cm³/mol. The van der Waals surface area contributed by atoms with Crippen molar-refractivity contribution in [3.8, 4) is 5.75 Å². The van der Waals surface area contributed by atoms with Gasteiger partial charge in [-0.05, 0) is 75.3 Å².